The minimum absolute atomic E-state index is 0.0614. The first-order valence-corrected chi connectivity index (χ1v) is 13.3. The summed E-state index contributed by atoms with van der Waals surface area (Å²) in [6, 6.07) is -1.47. The van der Waals surface area contributed by atoms with E-state index in [2.05, 4.69) is 62.0 Å². The summed E-state index contributed by atoms with van der Waals surface area (Å²) < 4.78 is 0. The number of nitrogens with two attached hydrogens (primary N) is 1. The molecule has 0 heterocycles. The Balaban J connectivity index is 4.71. The fourth-order valence-corrected chi connectivity index (χ4v) is 4.20. The molecule has 0 radical (unpaired) electrons. The maximum absolute atomic E-state index is 12.7. The zero-order chi connectivity index (χ0) is 26.1. The summed E-state index contributed by atoms with van der Waals surface area (Å²) in [7, 11) is 0. The van der Waals surface area contributed by atoms with Crippen LogP contribution in [0.15, 0.2) is 34.9 Å². The van der Waals surface area contributed by atoms with E-state index in [9.17, 15) is 14.4 Å². The van der Waals surface area contributed by atoms with Crippen LogP contribution in [0.5, 0.6) is 0 Å². The number of carbonyl (C=O) groups excluding carboxylic acids is 3. The molecule has 0 saturated carbocycles. The predicted molar refractivity (Wildman–Crippen MR) is 144 cm³/mol. The van der Waals surface area contributed by atoms with Crippen LogP contribution < -0.4 is 21.9 Å². The predicted octanol–water partition coefficient (Wildman–Crippen LogP) is 4.16. The molecule has 1 unspecified atom stereocenters. The van der Waals surface area contributed by atoms with E-state index in [0.717, 1.165) is 37.9 Å². The third kappa shape index (κ3) is 15.0. The fraction of sp³-hybridized carbons (Fsp3) is 0.654. The topological polar surface area (TPSA) is 113 Å². The molecule has 0 aromatic carbocycles. The molecule has 0 saturated heterocycles. The number of hydrazine groups is 1. The van der Waals surface area contributed by atoms with E-state index in [0.29, 0.717) is 5.75 Å². The highest BCUT2D eigenvalue weighted by Gasteiger charge is 2.28. The van der Waals surface area contributed by atoms with Crippen molar-refractivity contribution in [3.63, 3.8) is 0 Å². The van der Waals surface area contributed by atoms with Gasteiger partial charge < -0.3 is 10.6 Å². The van der Waals surface area contributed by atoms with Crippen molar-refractivity contribution in [1.82, 2.24) is 16.1 Å². The monoisotopic (exact) mass is 494 g/mol. The minimum Gasteiger partial charge on any atom is -0.344 e. The second-order valence-corrected chi connectivity index (χ2v) is 10.2. The quantitative estimate of drug-likeness (QED) is 0.0846. The summed E-state index contributed by atoms with van der Waals surface area (Å²) in [5, 5.41) is 5.43. The SMILES string of the molecule is CC[C@@H](C)[C@@H](NC(C)=O)C(=O)NC(CSCC=C(C)CCC=C(C)CCC=C(C)C)C(=O)NN. The van der Waals surface area contributed by atoms with Crippen molar-refractivity contribution in [2.45, 2.75) is 92.7 Å². The van der Waals surface area contributed by atoms with Gasteiger partial charge in [-0.3, -0.25) is 19.8 Å². The molecule has 3 atom stereocenters. The van der Waals surface area contributed by atoms with E-state index in [-0.39, 0.29) is 17.7 Å². The van der Waals surface area contributed by atoms with Crippen LogP contribution in [-0.4, -0.2) is 41.3 Å². The molecule has 0 aliphatic heterocycles. The van der Waals surface area contributed by atoms with Gasteiger partial charge in [0.1, 0.15) is 12.1 Å². The van der Waals surface area contributed by atoms with Crippen LogP contribution in [0.3, 0.4) is 0 Å². The summed E-state index contributed by atoms with van der Waals surface area (Å²) in [6.45, 7) is 13.8. The highest BCUT2D eigenvalue weighted by molar-refractivity contribution is 7.99. The van der Waals surface area contributed by atoms with E-state index < -0.39 is 18.0 Å². The van der Waals surface area contributed by atoms with Crippen molar-refractivity contribution in [3.8, 4) is 0 Å². The summed E-state index contributed by atoms with van der Waals surface area (Å²) in [4.78, 5) is 36.5. The van der Waals surface area contributed by atoms with Gasteiger partial charge in [-0.05, 0) is 59.3 Å². The molecule has 3 amide bonds. The normalized spacial score (nSPS) is 14.6. The Morgan fingerprint density at radius 2 is 1.47 bits per heavy atom. The second-order valence-electron chi connectivity index (χ2n) is 9.13. The van der Waals surface area contributed by atoms with Crippen molar-refractivity contribution in [1.29, 1.82) is 0 Å². The third-order valence-electron chi connectivity index (χ3n) is 5.59. The van der Waals surface area contributed by atoms with Gasteiger partial charge in [-0.25, -0.2) is 5.84 Å². The summed E-state index contributed by atoms with van der Waals surface area (Å²) in [5.41, 5.74) is 6.20. The van der Waals surface area contributed by atoms with Crippen molar-refractivity contribution in [2.24, 2.45) is 11.8 Å². The minimum atomic E-state index is -0.775. The van der Waals surface area contributed by atoms with E-state index in [1.807, 2.05) is 13.8 Å². The van der Waals surface area contributed by atoms with Gasteiger partial charge in [-0.15, -0.1) is 0 Å². The van der Waals surface area contributed by atoms with Gasteiger partial charge in [-0.2, -0.15) is 11.8 Å². The number of carbonyl (C=O) groups is 3. The van der Waals surface area contributed by atoms with Gasteiger partial charge in [0.2, 0.25) is 11.8 Å². The number of allylic oxidation sites excluding steroid dienone is 5. The molecule has 194 valence electrons. The van der Waals surface area contributed by atoms with E-state index in [1.54, 1.807) is 11.8 Å². The molecule has 34 heavy (non-hydrogen) atoms. The van der Waals surface area contributed by atoms with Gasteiger partial charge in [0, 0.05) is 18.4 Å². The zero-order valence-electron chi connectivity index (χ0n) is 22.1. The Hall–Kier alpha value is -2.06. The van der Waals surface area contributed by atoms with Crippen LogP contribution in [0, 0.1) is 5.92 Å². The number of hydrogen-bond acceptors (Lipinski definition) is 5. The molecule has 0 aliphatic rings. The van der Waals surface area contributed by atoms with Gasteiger partial charge in [-0.1, -0.05) is 55.2 Å². The van der Waals surface area contributed by atoms with E-state index in [4.69, 9.17) is 5.84 Å². The number of rotatable bonds is 16. The Labute approximate surface area is 210 Å². The molecule has 0 aromatic rings. The summed E-state index contributed by atoms with van der Waals surface area (Å²) >= 11 is 1.55. The van der Waals surface area contributed by atoms with Crippen LogP contribution in [0.2, 0.25) is 0 Å². The van der Waals surface area contributed by atoms with Gasteiger partial charge >= 0.3 is 0 Å². The number of nitrogens with one attached hydrogen (secondary N) is 3. The first kappa shape index (κ1) is 31.9. The lowest BCUT2D eigenvalue weighted by molar-refractivity contribution is -0.132. The number of hydrogen-bond donors (Lipinski definition) is 4. The molecule has 5 N–H and O–H groups in total. The van der Waals surface area contributed by atoms with E-state index in [1.165, 1.54) is 23.6 Å². The van der Waals surface area contributed by atoms with Crippen molar-refractivity contribution < 1.29 is 14.4 Å². The average Bonchev–Trinajstić information content (AvgIpc) is 2.77. The van der Waals surface area contributed by atoms with Crippen LogP contribution in [0.1, 0.15) is 80.6 Å². The maximum atomic E-state index is 12.7. The molecule has 0 fully saturated rings. The molecular formula is C26H46N4O3S. The summed E-state index contributed by atoms with van der Waals surface area (Å²) in [6.07, 6.45) is 11.7. The zero-order valence-corrected chi connectivity index (χ0v) is 22.9. The van der Waals surface area contributed by atoms with E-state index >= 15 is 0 Å². The van der Waals surface area contributed by atoms with Crippen molar-refractivity contribution in [2.75, 3.05) is 11.5 Å². The molecule has 0 spiro atoms. The van der Waals surface area contributed by atoms with Crippen LogP contribution >= 0.6 is 11.8 Å². The first-order chi connectivity index (χ1) is 16.0. The van der Waals surface area contributed by atoms with Gasteiger partial charge in [0.05, 0.1) is 0 Å². The van der Waals surface area contributed by atoms with Crippen LogP contribution in [-0.2, 0) is 14.4 Å². The molecular weight excluding hydrogens is 448 g/mol. The molecule has 8 heteroatoms. The molecule has 0 aliphatic carbocycles. The smallest absolute Gasteiger partial charge is 0.257 e. The van der Waals surface area contributed by atoms with Crippen molar-refractivity contribution >= 4 is 29.5 Å². The lowest BCUT2D eigenvalue weighted by Crippen LogP contribution is -2.57. The average molecular weight is 495 g/mol. The highest BCUT2D eigenvalue weighted by atomic mass is 32.2. The molecule has 0 bridgehead atoms. The van der Waals surface area contributed by atoms with Crippen molar-refractivity contribution in [3.05, 3.63) is 34.9 Å². The molecule has 0 rings (SSSR count). The second kappa shape index (κ2) is 18.3. The molecule has 7 nitrogen and oxygen atoms in total. The third-order valence-corrected chi connectivity index (χ3v) is 6.56. The van der Waals surface area contributed by atoms with Gasteiger partial charge in [0.25, 0.3) is 5.91 Å². The number of thioether (sulfide) groups is 1. The van der Waals surface area contributed by atoms with Crippen LogP contribution in [0.4, 0.5) is 0 Å². The Bertz CT molecular complexity index is 742. The lowest BCUT2D eigenvalue weighted by atomic mass is 9.98. The fourth-order valence-electron chi connectivity index (χ4n) is 3.19. The lowest BCUT2D eigenvalue weighted by Gasteiger charge is -2.25. The van der Waals surface area contributed by atoms with Crippen LogP contribution in [0.25, 0.3) is 0 Å². The largest absolute Gasteiger partial charge is 0.344 e. The highest BCUT2D eigenvalue weighted by Crippen LogP contribution is 2.14. The maximum Gasteiger partial charge on any atom is 0.257 e. The van der Waals surface area contributed by atoms with Gasteiger partial charge in [0.15, 0.2) is 0 Å². The number of amides is 3. The summed E-state index contributed by atoms with van der Waals surface area (Å²) in [5.74, 6) is 5.26. The Kier molecular flexibility index (Phi) is 17.2. The standard InChI is InChI=1S/C26H46N4O3S/c1-8-21(6)24(28-22(7)31)26(33)29-23(25(32)30-27)17-34-16-15-20(5)14-10-13-19(4)12-9-11-18(2)3/h11,13,15,21,23-24H,8-10,12,14,16-17,27H2,1-7H3,(H,28,31)(H,29,33)(H,30,32)/t21-,23?,24-/m1/s1. The Morgan fingerprint density at radius 1 is 0.882 bits per heavy atom. The first-order valence-electron chi connectivity index (χ1n) is 12.1. The Morgan fingerprint density at radius 3 is 2.00 bits per heavy atom. The molecule has 0 aromatic heterocycles.